The molecule has 3 aromatic rings. The minimum atomic E-state index is 0.974. The van der Waals surface area contributed by atoms with Gasteiger partial charge in [-0.25, -0.2) is 9.97 Å². The van der Waals surface area contributed by atoms with Gasteiger partial charge < -0.3 is 0 Å². The lowest BCUT2D eigenvalue weighted by atomic mass is 10.1. The molecule has 2 nitrogen and oxygen atoms in total. The summed E-state index contributed by atoms with van der Waals surface area (Å²) in [5.74, 6) is 0. The molecule has 16 heavy (non-hydrogen) atoms. The molecule has 0 atom stereocenters. The molecule has 0 aliphatic carbocycles. The maximum atomic E-state index is 4.68. The smallest absolute Gasteiger partial charge is 0.0923 e. The molecule has 0 radical (unpaired) electrons. The van der Waals surface area contributed by atoms with Crippen LogP contribution in [0.3, 0.4) is 0 Å². The van der Waals surface area contributed by atoms with Gasteiger partial charge in [-0.05, 0) is 37.1 Å². The summed E-state index contributed by atoms with van der Waals surface area (Å²) in [6, 6.07) is 12.2. The van der Waals surface area contributed by atoms with Crippen molar-refractivity contribution in [1.82, 2.24) is 9.97 Å². The van der Waals surface area contributed by atoms with Gasteiger partial charge in [-0.2, -0.15) is 0 Å². The van der Waals surface area contributed by atoms with Gasteiger partial charge in [0.05, 0.1) is 22.1 Å². The first-order valence-corrected chi connectivity index (χ1v) is 5.38. The van der Waals surface area contributed by atoms with Crippen molar-refractivity contribution in [3.05, 3.63) is 47.5 Å². The minimum absolute atomic E-state index is 0.974. The highest BCUT2D eigenvalue weighted by molar-refractivity contribution is 5.89. The Morgan fingerprint density at radius 2 is 1.12 bits per heavy atom. The highest BCUT2D eigenvalue weighted by Gasteiger charge is 2.04. The third-order valence-corrected chi connectivity index (χ3v) is 2.90. The van der Waals surface area contributed by atoms with Crippen LogP contribution in [0.25, 0.3) is 22.1 Å². The molecule has 0 saturated carbocycles. The maximum absolute atomic E-state index is 4.68. The van der Waals surface area contributed by atoms with Crippen LogP contribution < -0.4 is 0 Å². The molecule has 0 aliphatic heterocycles. The van der Waals surface area contributed by atoms with Gasteiger partial charge in [0.2, 0.25) is 0 Å². The molecule has 78 valence electrons. The number of para-hydroxylation sites is 2. The first-order valence-electron chi connectivity index (χ1n) is 5.38. The molecular formula is C14H12N2. The van der Waals surface area contributed by atoms with Crippen molar-refractivity contribution in [3.63, 3.8) is 0 Å². The summed E-state index contributed by atoms with van der Waals surface area (Å²) < 4.78 is 0. The van der Waals surface area contributed by atoms with Gasteiger partial charge in [0.25, 0.3) is 0 Å². The fourth-order valence-corrected chi connectivity index (χ4v) is 2.00. The minimum Gasteiger partial charge on any atom is -0.244 e. The van der Waals surface area contributed by atoms with Gasteiger partial charge in [0, 0.05) is 0 Å². The highest BCUT2D eigenvalue weighted by Crippen LogP contribution is 2.20. The van der Waals surface area contributed by atoms with Crippen molar-refractivity contribution in [2.45, 2.75) is 13.8 Å². The van der Waals surface area contributed by atoms with E-state index < -0.39 is 0 Å². The third-order valence-electron chi connectivity index (χ3n) is 2.90. The number of aromatic nitrogens is 2. The van der Waals surface area contributed by atoms with Crippen LogP contribution in [-0.2, 0) is 0 Å². The molecule has 1 aromatic heterocycles. The Balaban J connectivity index is 2.54. The zero-order valence-electron chi connectivity index (χ0n) is 9.36. The Morgan fingerprint density at radius 1 is 0.688 bits per heavy atom. The lowest BCUT2D eigenvalue weighted by Crippen LogP contribution is -1.91. The van der Waals surface area contributed by atoms with E-state index >= 15 is 0 Å². The van der Waals surface area contributed by atoms with Crippen molar-refractivity contribution in [1.29, 1.82) is 0 Å². The number of benzene rings is 2. The summed E-state index contributed by atoms with van der Waals surface area (Å²) in [6.07, 6.45) is 0. The predicted octanol–water partition coefficient (Wildman–Crippen LogP) is 3.40. The Kier molecular flexibility index (Phi) is 1.90. The van der Waals surface area contributed by atoms with E-state index in [1.165, 1.54) is 11.1 Å². The molecule has 1 heterocycles. The molecule has 0 amide bonds. The summed E-state index contributed by atoms with van der Waals surface area (Å²) in [5, 5.41) is 0. The second-order valence-electron chi connectivity index (χ2n) is 4.11. The highest BCUT2D eigenvalue weighted by atomic mass is 14.8. The number of nitrogens with zero attached hydrogens (tertiary/aromatic N) is 2. The average molecular weight is 208 g/mol. The molecule has 0 unspecified atom stereocenters. The van der Waals surface area contributed by atoms with Crippen molar-refractivity contribution in [2.24, 2.45) is 0 Å². The lowest BCUT2D eigenvalue weighted by molar-refractivity contribution is 1.33. The summed E-state index contributed by atoms with van der Waals surface area (Å²) in [4.78, 5) is 9.35. The topological polar surface area (TPSA) is 25.8 Å². The van der Waals surface area contributed by atoms with Crippen molar-refractivity contribution in [2.75, 3.05) is 0 Å². The van der Waals surface area contributed by atoms with Crippen molar-refractivity contribution >= 4 is 22.1 Å². The van der Waals surface area contributed by atoms with Crippen molar-refractivity contribution < 1.29 is 0 Å². The van der Waals surface area contributed by atoms with Crippen LogP contribution in [0.2, 0.25) is 0 Å². The van der Waals surface area contributed by atoms with Gasteiger partial charge >= 0.3 is 0 Å². The first kappa shape index (κ1) is 9.28. The van der Waals surface area contributed by atoms with E-state index in [9.17, 15) is 0 Å². The van der Waals surface area contributed by atoms with Gasteiger partial charge in [-0.3, -0.25) is 0 Å². The molecule has 0 aliphatic rings. The second-order valence-corrected chi connectivity index (χ2v) is 4.11. The van der Waals surface area contributed by atoms with E-state index in [4.69, 9.17) is 0 Å². The molecule has 0 spiro atoms. The fraction of sp³-hybridized carbons (Fsp3) is 0.143. The number of hydrogen-bond donors (Lipinski definition) is 0. The van der Waals surface area contributed by atoms with Crippen molar-refractivity contribution in [3.8, 4) is 0 Å². The van der Waals surface area contributed by atoms with Crippen LogP contribution in [0.4, 0.5) is 0 Å². The predicted molar refractivity (Wildman–Crippen MR) is 66.5 cm³/mol. The molecule has 0 fully saturated rings. The third kappa shape index (κ3) is 1.27. The standard InChI is InChI=1S/C14H12N2/c1-9-5-3-7-11-13(9)15-12-8-4-6-10(2)14(12)16-11/h3-8H,1-2H3. The molecular weight excluding hydrogens is 196 g/mol. The average Bonchev–Trinajstić information content (AvgIpc) is 2.29. The molecule has 0 bridgehead atoms. The summed E-state index contributed by atoms with van der Waals surface area (Å²) in [7, 11) is 0. The van der Waals surface area contributed by atoms with Crippen LogP contribution in [0.5, 0.6) is 0 Å². The molecule has 0 saturated heterocycles. The molecule has 0 N–H and O–H groups in total. The Bertz CT molecular complexity index is 625. The van der Waals surface area contributed by atoms with Crippen LogP contribution >= 0.6 is 0 Å². The van der Waals surface area contributed by atoms with E-state index in [-0.39, 0.29) is 0 Å². The number of aryl methyl sites for hydroxylation is 2. The summed E-state index contributed by atoms with van der Waals surface area (Å²) in [5.41, 5.74) is 6.30. The molecule has 2 aromatic carbocycles. The molecule has 2 heteroatoms. The van der Waals surface area contributed by atoms with Gasteiger partial charge in [-0.15, -0.1) is 0 Å². The summed E-state index contributed by atoms with van der Waals surface area (Å²) in [6.45, 7) is 4.14. The fourth-order valence-electron chi connectivity index (χ4n) is 2.00. The Labute approximate surface area is 94.0 Å². The van der Waals surface area contributed by atoms with E-state index in [2.05, 4.69) is 35.9 Å². The van der Waals surface area contributed by atoms with E-state index in [1.54, 1.807) is 0 Å². The summed E-state index contributed by atoms with van der Waals surface area (Å²) >= 11 is 0. The Morgan fingerprint density at radius 3 is 1.56 bits per heavy atom. The normalized spacial score (nSPS) is 11.1. The quantitative estimate of drug-likeness (QED) is 0.529. The van der Waals surface area contributed by atoms with Crippen LogP contribution in [0.15, 0.2) is 36.4 Å². The number of fused-ring (bicyclic) bond motifs is 2. The van der Waals surface area contributed by atoms with E-state index in [1.807, 2.05) is 24.3 Å². The second kappa shape index (κ2) is 3.27. The largest absolute Gasteiger partial charge is 0.244 e. The molecule has 3 rings (SSSR count). The number of rotatable bonds is 0. The zero-order valence-corrected chi connectivity index (χ0v) is 9.36. The van der Waals surface area contributed by atoms with Crippen LogP contribution in [-0.4, -0.2) is 9.97 Å². The van der Waals surface area contributed by atoms with Gasteiger partial charge in [-0.1, -0.05) is 24.3 Å². The van der Waals surface area contributed by atoms with E-state index in [0.29, 0.717) is 0 Å². The monoisotopic (exact) mass is 208 g/mol. The van der Waals surface area contributed by atoms with Gasteiger partial charge in [0.15, 0.2) is 0 Å². The van der Waals surface area contributed by atoms with Crippen LogP contribution in [0, 0.1) is 13.8 Å². The lowest BCUT2D eigenvalue weighted by Gasteiger charge is -2.04. The van der Waals surface area contributed by atoms with Crippen LogP contribution in [0.1, 0.15) is 11.1 Å². The Hall–Kier alpha value is -1.96. The first-order chi connectivity index (χ1) is 7.75. The maximum Gasteiger partial charge on any atom is 0.0923 e. The van der Waals surface area contributed by atoms with E-state index in [0.717, 1.165) is 22.1 Å². The number of hydrogen-bond acceptors (Lipinski definition) is 2. The zero-order chi connectivity index (χ0) is 11.1. The van der Waals surface area contributed by atoms with Gasteiger partial charge in [0.1, 0.15) is 0 Å². The SMILES string of the molecule is Cc1cccc2nc3c(C)cccc3nc12.